The van der Waals surface area contributed by atoms with Crippen LogP contribution in [0.2, 0.25) is 0 Å². The van der Waals surface area contributed by atoms with Gasteiger partial charge in [0.15, 0.2) is 5.82 Å². The molecule has 5 rings (SSSR count). The SMILES string of the molecule is Cc1ccc(-c2nccc(N3CCC[C@H](C(=O)Nc4ccc(N5CCOCC5)cc4)C3)n2)cc1. The van der Waals surface area contributed by atoms with Gasteiger partial charge in [-0.3, -0.25) is 4.79 Å². The summed E-state index contributed by atoms with van der Waals surface area (Å²) in [6, 6.07) is 18.3. The minimum atomic E-state index is -0.0783. The molecule has 0 aliphatic carbocycles. The summed E-state index contributed by atoms with van der Waals surface area (Å²) in [7, 11) is 0. The topological polar surface area (TPSA) is 70.6 Å². The molecular weight excluding hydrogens is 426 g/mol. The Morgan fingerprint density at radius 2 is 1.74 bits per heavy atom. The lowest BCUT2D eigenvalue weighted by atomic mass is 9.97. The van der Waals surface area contributed by atoms with E-state index in [4.69, 9.17) is 9.72 Å². The average Bonchev–Trinajstić information content (AvgIpc) is 2.90. The Morgan fingerprint density at radius 1 is 0.971 bits per heavy atom. The first-order chi connectivity index (χ1) is 16.7. The number of benzene rings is 2. The molecule has 0 saturated carbocycles. The van der Waals surface area contributed by atoms with Gasteiger partial charge in [0.1, 0.15) is 5.82 Å². The van der Waals surface area contributed by atoms with Gasteiger partial charge in [-0.2, -0.15) is 0 Å². The van der Waals surface area contributed by atoms with Crippen molar-refractivity contribution in [2.45, 2.75) is 19.8 Å². The van der Waals surface area contributed by atoms with Crippen LogP contribution in [0, 0.1) is 12.8 Å². The average molecular weight is 458 g/mol. The molecule has 7 nitrogen and oxygen atoms in total. The molecule has 1 aromatic heterocycles. The lowest BCUT2D eigenvalue weighted by molar-refractivity contribution is -0.120. The van der Waals surface area contributed by atoms with Crippen LogP contribution in [0.4, 0.5) is 17.2 Å². The Morgan fingerprint density at radius 3 is 2.50 bits per heavy atom. The number of aryl methyl sites for hydroxylation is 1. The number of nitrogens with one attached hydrogen (secondary N) is 1. The number of amides is 1. The maximum absolute atomic E-state index is 13.1. The lowest BCUT2D eigenvalue weighted by Gasteiger charge is -2.33. The molecule has 1 N–H and O–H groups in total. The summed E-state index contributed by atoms with van der Waals surface area (Å²) in [5.74, 6) is 1.57. The minimum absolute atomic E-state index is 0.0663. The standard InChI is InChI=1S/C27H31N5O2/c1-20-4-6-21(7-5-20)26-28-13-12-25(30-26)32-14-2-3-22(19-32)27(33)29-23-8-10-24(11-9-23)31-15-17-34-18-16-31/h4-13,22H,2-3,14-19H2,1H3,(H,29,33)/t22-/m0/s1. The molecule has 176 valence electrons. The fraction of sp³-hybridized carbons (Fsp3) is 0.370. The molecule has 2 aliphatic heterocycles. The van der Waals surface area contributed by atoms with Gasteiger partial charge in [-0.15, -0.1) is 0 Å². The van der Waals surface area contributed by atoms with Crippen LogP contribution in [0.25, 0.3) is 11.4 Å². The normalized spacial score (nSPS) is 18.6. The summed E-state index contributed by atoms with van der Waals surface area (Å²) in [4.78, 5) is 26.8. The highest BCUT2D eigenvalue weighted by Crippen LogP contribution is 2.26. The third-order valence-electron chi connectivity index (χ3n) is 6.58. The molecule has 0 unspecified atom stereocenters. The van der Waals surface area contributed by atoms with E-state index in [1.165, 1.54) is 11.3 Å². The highest BCUT2D eigenvalue weighted by Gasteiger charge is 2.27. The smallest absolute Gasteiger partial charge is 0.229 e. The number of carbonyl (C=O) groups is 1. The van der Waals surface area contributed by atoms with Crippen LogP contribution in [-0.2, 0) is 9.53 Å². The third kappa shape index (κ3) is 5.20. The summed E-state index contributed by atoms with van der Waals surface area (Å²) < 4.78 is 5.43. The molecule has 7 heteroatoms. The van der Waals surface area contributed by atoms with Gasteiger partial charge < -0.3 is 19.9 Å². The van der Waals surface area contributed by atoms with Gasteiger partial charge in [0.05, 0.1) is 19.1 Å². The van der Waals surface area contributed by atoms with Gasteiger partial charge in [-0.1, -0.05) is 29.8 Å². The molecule has 2 aromatic carbocycles. The summed E-state index contributed by atoms with van der Waals surface area (Å²) >= 11 is 0. The minimum Gasteiger partial charge on any atom is -0.378 e. The second-order valence-electron chi connectivity index (χ2n) is 9.03. The Labute approximate surface area is 200 Å². The molecule has 34 heavy (non-hydrogen) atoms. The number of piperidine rings is 1. The maximum atomic E-state index is 13.1. The molecular formula is C27H31N5O2. The first-order valence-electron chi connectivity index (χ1n) is 12.0. The van der Waals surface area contributed by atoms with Crippen molar-refractivity contribution in [3.05, 3.63) is 66.4 Å². The van der Waals surface area contributed by atoms with Crippen LogP contribution in [0.1, 0.15) is 18.4 Å². The zero-order valence-corrected chi connectivity index (χ0v) is 19.6. The van der Waals surface area contributed by atoms with Crippen molar-refractivity contribution < 1.29 is 9.53 Å². The number of hydrogen-bond acceptors (Lipinski definition) is 6. The monoisotopic (exact) mass is 457 g/mol. The maximum Gasteiger partial charge on any atom is 0.229 e. The Kier molecular flexibility index (Phi) is 6.72. The summed E-state index contributed by atoms with van der Waals surface area (Å²) in [5, 5.41) is 3.11. The molecule has 3 heterocycles. The third-order valence-corrected chi connectivity index (χ3v) is 6.58. The van der Waals surface area contributed by atoms with E-state index in [9.17, 15) is 4.79 Å². The molecule has 0 spiro atoms. The summed E-state index contributed by atoms with van der Waals surface area (Å²) in [5.41, 5.74) is 4.21. The van der Waals surface area contributed by atoms with Crippen LogP contribution >= 0.6 is 0 Å². The Bertz CT molecular complexity index is 1110. The van der Waals surface area contributed by atoms with E-state index >= 15 is 0 Å². The number of ether oxygens (including phenoxy) is 1. The van der Waals surface area contributed by atoms with Gasteiger partial charge >= 0.3 is 0 Å². The highest BCUT2D eigenvalue weighted by molar-refractivity contribution is 5.93. The molecule has 1 atom stereocenters. The number of hydrogen-bond donors (Lipinski definition) is 1. The van der Waals surface area contributed by atoms with Gasteiger partial charge in [-0.25, -0.2) is 9.97 Å². The number of anilines is 3. The Balaban J connectivity index is 1.22. The lowest BCUT2D eigenvalue weighted by Crippen LogP contribution is -2.41. The number of aromatic nitrogens is 2. The number of rotatable bonds is 5. The fourth-order valence-electron chi connectivity index (χ4n) is 4.59. The van der Waals surface area contributed by atoms with Crippen molar-refractivity contribution in [3.63, 3.8) is 0 Å². The number of nitrogens with zero attached hydrogens (tertiary/aromatic N) is 4. The number of morpholine rings is 1. The molecule has 3 aromatic rings. The predicted octanol–water partition coefficient (Wildman–Crippen LogP) is 4.14. The second kappa shape index (κ2) is 10.2. The second-order valence-corrected chi connectivity index (χ2v) is 9.03. The van der Waals surface area contributed by atoms with Crippen LogP contribution in [0.3, 0.4) is 0 Å². The van der Waals surface area contributed by atoms with E-state index in [-0.39, 0.29) is 11.8 Å². The highest BCUT2D eigenvalue weighted by atomic mass is 16.5. The molecule has 0 radical (unpaired) electrons. The Hall–Kier alpha value is -3.45. The van der Waals surface area contributed by atoms with Gasteiger partial charge in [0, 0.05) is 49.3 Å². The first-order valence-corrected chi connectivity index (χ1v) is 12.0. The molecule has 2 fully saturated rings. The van der Waals surface area contributed by atoms with Gasteiger partial charge in [0.2, 0.25) is 5.91 Å². The quantitative estimate of drug-likeness (QED) is 0.621. The van der Waals surface area contributed by atoms with Gasteiger partial charge in [0.25, 0.3) is 0 Å². The van der Waals surface area contributed by atoms with Crippen LogP contribution < -0.4 is 15.1 Å². The molecule has 2 saturated heterocycles. The molecule has 0 bridgehead atoms. The van der Waals surface area contributed by atoms with E-state index in [1.54, 1.807) is 6.20 Å². The van der Waals surface area contributed by atoms with E-state index in [2.05, 4.69) is 51.3 Å². The van der Waals surface area contributed by atoms with Crippen molar-refractivity contribution in [2.24, 2.45) is 5.92 Å². The largest absolute Gasteiger partial charge is 0.378 e. The molecule has 1 amide bonds. The van der Waals surface area contributed by atoms with Crippen molar-refractivity contribution in [1.29, 1.82) is 0 Å². The van der Waals surface area contributed by atoms with Crippen LogP contribution in [0.15, 0.2) is 60.8 Å². The predicted molar refractivity (Wildman–Crippen MR) is 135 cm³/mol. The summed E-state index contributed by atoms with van der Waals surface area (Å²) in [6.45, 7) is 6.94. The van der Waals surface area contributed by atoms with Crippen molar-refractivity contribution in [2.75, 3.05) is 54.5 Å². The summed E-state index contributed by atoms with van der Waals surface area (Å²) in [6.07, 6.45) is 3.64. The fourth-order valence-corrected chi connectivity index (χ4v) is 4.59. The molecule has 2 aliphatic rings. The van der Waals surface area contributed by atoms with E-state index in [0.717, 1.165) is 62.8 Å². The van der Waals surface area contributed by atoms with Crippen LogP contribution in [-0.4, -0.2) is 55.3 Å². The zero-order chi connectivity index (χ0) is 23.3. The number of carbonyl (C=O) groups excluding carboxylic acids is 1. The van der Waals surface area contributed by atoms with E-state index in [1.807, 2.05) is 30.3 Å². The van der Waals surface area contributed by atoms with Crippen molar-refractivity contribution >= 4 is 23.1 Å². The zero-order valence-electron chi connectivity index (χ0n) is 19.6. The van der Waals surface area contributed by atoms with Crippen molar-refractivity contribution in [3.8, 4) is 11.4 Å². The van der Waals surface area contributed by atoms with E-state index in [0.29, 0.717) is 12.4 Å². The first kappa shape index (κ1) is 22.3. The van der Waals surface area contributed by atoms with E-state index < -0.39 is 0 Å². The van der Waals surface area contributed by atoms with Crippen molar-refractivity contribution in [1.82, 2.24) is 9.97 Å². The van der Waals surface area contributed by atoms with Crippen LogP contribution in [0.5, 0.6) is 0 Å². The van der Waals surface area contributed by atoms with Gasteiger partial charge in [-0.05, 0) is 50.1 Å².